The number of benzene rings is 1. The van der Waals surface area contributed by atoms with Gasteiger partial charge in [0.1, 0.15) is 6.04 Å². The number of carbonyl (C=O) groups excluding carboxylic acids is 2. The minimum Gasteiger partial charge on any atom is -0.340 e. The predicted octanol–water partition coefficient (Wildman–Crippen LogP) is 1.69. The molecule has 1 aliphatic heterocycles. The molecule has 2 amide bonds. The summed E-state index contributed by atoms with van der Waals surface area (Å²) < 4.78 is 0. The first-order chi connectivity index (χ1) is 12.4. The third-order valence-corrected chi connectivity index (χ3v) is 5.11. The zero-order chi connectivity index (χ0) is 19.1. The van der Waals surface area contributed by atoms with Gasteiger partial charge in [0.25, 0.3) is 11.6 Å². The highest BCUT2D eigenvalue weighted by Crippen LogP contribution is 2.15. The van der Waals surface area contributed by atoms with Crippen LogP contribution in [0, 0.1) is 10.1 Å². The van der Waals surface area contributed by atoms with Gasteiger partial charge in [-0.2, -0.15) is 11.8 Å². The van der Waals surface area contributed by atoms with E-state index in [1.807, 2.05) is 6.26 Å². The number of non-ortho nitro benzene ring substituents is 1. The average molecular weight is 417 g/mol. The van der Waals surface area contributed by atoms with Crippen LogP contribution in [0.15, 0.2) is 24.3 Å². The number of hydrogen-bond donors (Lipinski definition) is 2. The zero-order valence-electron chi connectivity index (χ0n) is 15.3. The predicted molar refractivity (Wildman–Crippen MR) is 109 cm³/mol. The van der Waals surface area contributed by atoms with Gasteiger partial charge in [-0.25, -0.2) is 0 Å². The molecule has 150 valence electrons. The summed E-state index contributed by atoms with van der Waals surface area (Å²) in [5, 5.41) is 16.9. The average Bonchev–Trinajstić information content (AvgIpc) is 3.18. The number of nitro groups is 1. The molecular formula is C17H25ClN4O4S. The smallest absolute Gasteiger partial charge is 0.270 e. The standard InChI is InChI=1S/C17H24N4O4S.ClH/c1-20(14-6-8-18-11-14)17(23)15(7-9-26-2)19-16(22)12-4-3-5-13(10-12)21(24)25;/h3-5,10,14-15,18H,6-9,11H2,1-2H3,(H,19,22);1H. The molecular weight excluding hydrogens is 392 g/mol. The van der Waals surface area contributed by atoms with Crippen molar-refractivity contribution in [2.45, 2.75) is 24.9 Å². The molecule has 1 fully saturated rings. The SMILES string of the molecule is CSCCC(NC(=O)c1cccc([N+](=O)[O-])c1)C(=O)N(C)C1CCNC1.Cl. The van der Waals surface area contributed by atoms with Gasteiger partial charge in [-0.3, -0.25) is 19.7 Å². The van der Waals surface area contributed by atoms with Gasteiger partial charge in [-0.15, -0.1) is 12.4 Å². The molecule has 1 aromatic rings. The topological polar surface area (TPSA) is 105 Å². The number of nitrogens with one attached hydrogen (secondary N) is 2. The van der Waals surface area contributed by atoms with Crippen LogP contribution in [0.25, 0.3) is 0 Å². The normalized spacial score (nSPS) is 16.9. The van der Waals surface area contributed by atoms with Crippen molar-refractivity contribution >= 4 is 41.7 Å². The summed E-state index contributed by atoms with van der Waals surface area (Å²) in [5.74, 6) is 0.111. The molecule has 0 aliphatic carbocycles. The van der Waals surface area contributed by atoms with Gasteiger partial charge in [-0.1, -0.05) is 6.07 Å². The minimum atomic E-state index is -0.653. The van der Waals surface area contributed by atoms with Crippen LogP contribution in [0.4, 0.5) is 5.69 Å². The highest BCUT2D eigenvalue weighted by Gasteiger charge is 2.29. The molecule has 1 saturated heterocycles. The third kappa shape index (κ3) is 6.37. The van der Waals surface area contributed by atoms with Gasteiger partial charge in [0, 0.05) is 37.3 Å². The fraction of sp³-hybridized carbons (Fsp3) is 0.529. The largest absolute Gasteiger partial charge is 0.340 e. The van der Waals surface area contributed by atoms with Crippen molar-refractivity contribution in [2.24, 2.45) is 0 Å². The molecule has 2 rings (SSSR count). The van der Waals surface area contributed by atoms with Gasteiger partial charge in [0.2, 0.25) is 5.91 Å². The van der Waals surface area contributed by atoms with Crippen LogP contribution in [0.1, 0.15) is 23.2 Å². The lowest BCUT2D eigenvalue weighted by Crippen LogP contribution is -2.51. The maximum Gasteiger partial charge on any atom is 0.270 e. The van der Waals surface area contributed by atoms with E-state index in [-0.39, 0.29) is 35.6 Å². The summed E-state index contributed by atoms with van der Waals surface area (Å²) in [4.78, 5) is 37.4. The number of hydrogen-bond acceptors (Lipinski definition) is 6. The minimum absolute atomic E-state index is 0. The number of amides is 2. The van der Waals surface area contributed by atoms with E-state index >= 15 is 0 Å². The van der Waals surface area contributed by atoms with Crippen LogP contribution in [0.5, 0.6) is 0 Å². The summed E-state index contributed by atoms with van der Waals surface area (Å²) in [6, 6.07) is 4.98. The highest BCUT2D eigenvalue weighted by atomic mass is 35.5. The molecule has 2 unspecified atom stereocenters. The number of halogens is 1. The molecule has 8 nitrogen and oxygen atoms in total. The van der Waals surface area contributed by atoms with E-state index in [1.54, 1.807) is 23.7 Å². The zero-order valence-corrected chi connectivity index (χ0v) is 17.0. The van der Waals surface area contributed by atoms with Crippen molar-refractivity contribution in [1.82, 2.24) is 15.5 Å². The number of nitrogens with zero attached hydrogens (tertiary/aromatic N) is 2. The lowest BCUT2D eigenvalue weighted by Gasteiger charge is -2.28. The molecule has 1 aromatic carbocycles. The lowest BCUT2D eigenvalue weighted by molar-refractivity contribution is -0.384. The number of rotatable bonds is 8. The van der Waals surface area contributed by atoms with Crippen LogP contribution >= 0.6 is 24.2 Å². The molecule has 27 heavy (non-hydrogen) atoms. The maximum atomic E-state index is 12.8. The van der Waals surface area contributed by atoms with E-state index in [1.165, 1.54) is 24.3 Å². The van der Waals surface area contributed by atoms with Crippen LogP contribution in [-0.4, -0.2) is 65.9 Å². The second kappa shape index (κ2) is 11.1. The lowest BCUT2D eigenvalue weighted by atomic mass is 10.1. The van der Waals surface area contributed by atoms with Crippen molar-refractivity contribution in [3.8, 4) is 0 Å². The molecule has 1 aliphatic rings. The Morgan fingerprint density at radius 1 is 1.48 bits per heavy atom. The molecule has 0 bridgehead atoms. The summed E-state index contributed by atoms with van der Waals surface area (Å²) in [6.07, 6.45) is 3.33. The van der Waals surface area contributed by atoms with E-state index in [9.17, 15) is 19.7 Å². The van der Waals surface area contributed by atoms with Gasteiger partial charge in [0.05, 0.1) is 4.92 Å². The summed E-state index contributed by atoms with van der Waals surface area (Å²) >= 11 is 1.60. The molecule has 2 atom stereocenters. The first kappa shape index (κ1) is 23.2. The second-order valence-electron chi connectivity index (χ2n) is 6.21. The Kier molecular flexibility index (Phi) is 9.54. The Labute approximate surface area is 169 Å². The van der Waals surface area contributed by atoms with Crippen molar-refractivity contribution in [1.29, 1.82) is 0 Å². The third-order valence-electron chi connectivity index (χ3n) is 4.46. The number of thioether (sulfide) groups is 1. The molecule has 0 radical (unpaired) electrons. The first-order valence-corrected chi connectivity index (χ1v) is 9.85. The van der Waals surface area contributed by atoms with Crippen molar-refractivity contribution < 1.29 is 14.5 Å². The Bertz CT molecular complexity index is 670. The quantitative estimate of drug-likeness (QED) is 0.493. The van der Waals surface area contributed by atoms with E-state index in [0.29, 0.717) is 6.42 Å². The van der Waals surface area contributed by atoms with Gasteiger partial charge < -0.3 is 15.5 Å². The number of nitro benzene ring substituents is 1. The van der Waals surface area contributed by atoms with Gasteiger partial charge in [-0.05, 0) is 37.5 Å². The fourth-order valence-electron chi connectivity index (χ4n) is 2.89. The Hall–Kier alpha value is -1.84. The Morgan fingerprint density at radius 3 is 2.81 bits per heavy atom. The summed E-state index contributed by atoms with van der Waals surface area (Å²) in [5.41, 5.74) is 0.0186. The monoisotopic (exact) mass is 416 g/mol. The van der Waals surface area contributed by atoms with Gasteiger partial charge >= 0.3 is 0 Å². The van der Waals surface area contributed by atoms with Crippen molar-refractivity contribution in [3.05, 3.63) is 39.9 Å². The van der Waals surface area contributed by atoms with Gasteiger partial charge in [0.15, 0.2) is 0 Å². The Balaban J connectivity index is 0.00000364. The number of likely N-dealkylation sites (N-methyl/N-ethyl adjacent to an activating group) is 1. The number of carbonyl (C=O) groups is 2. The highest BCUT2D eigenvalue weighted by molar-refractivity contribution is 7.98. The maximum absolute atomic E-state index is 12.8. The van der Waals surface area contributed by atoms with Crippen molar-refractivity contribution in [2.75, 3.05) is 32.1 Å². The van der Waals surface area contributed by atoms with Crippen LogP contribution in [0.3, 0.4) is 0 Å². The molecule has 0 spiro atoms. The van der Waals surface area contributed by atoms with E-state index < -0.39 is 16.9 Å². The van der Waals surface area contributed by atoms with Crippen molar-refractivity contribution in [3.63, 3.8) is 0 Å². The molecule has 0 saturated carbocycles. The fourth-order valence-corrected chi connectivity index (χ4v) is 3.36. The summed E-state index contributed by atoms with van der Waals surface area (Å²) in [7, 11) is 1.76. The van der Waals surface area contributed by atoms with Crippen LogP contribution in [-0.2, 0) is 4.79 Å². The molecule has 10 heteroatoms. The molecule has 1 heterocycles. The second-order valence-corrected chi connectivity index (χ2v) is 7.20. The van der Waals surface area contributed by atoms with Crippen LogP contribution < -0.4 is 10.6 Å². The summed E-state index contributed by atoms with van der Waals surface area (Å²) in [6.45, 7) is 1.62. The Morgan fingerprint density at radius 2 is 2.22 bits per heavy atom. The molecule has 2 N–H and O–H groups in total. The molecule has 0 aromatic heterocycles. The van der Waals surface area contributed by atoms with E-state index in [2.05, 4.69) is 10.6 Å². The first-order valence-electron chi connectivity index (χ1n) is 8.45. The van der Waals surface area contributed by atoms with E-state index in [4.69, 9.17) is 0 Å². The van der Waals surface area contributed by atoms with Crippen LogP contribution in [0.2, 0.25) is 0 Å². The van der Waals surface area contributed by atoms with E-state index in [0.717, 1.165) is 25.3 Å².